The van der Waals surface area contributed by atoms with Crippen LogP contribution in [-0.2, 0) is 17.6 Å². The van der Waals surface area contributed by atoms with Crippen LogP contribution >= 0.6 is 0 Å². The number of aliphatic hydroxyl groups excluding tert-OH is 1. The smallest absolute Gasteiger partial charge is 0.339 e. The van der Waals surface area contributed by atoms with Crippen LogP contribution in [0.4, 0.5) is 5.69 Å². The molecule has 2 aromatic heterocycles. The summed E-state index contributed by atoms with van der Waals surface area (Å²) in [7, 11) is 0. The molecule has 0 aliphatic rings. The van der Waals surface area contributed by atoms with Gasteiger partial charge in [0.05, 0.1) is 6.26 Å². The van der Waals surface area contributed by atoms with Crippen molar-refractivity contribution in [3.63, 3.8) is 0 Å². The second-order valence-electron chi connectivity index (χ2n) is 7.89. The minimum Gasteiger partial charge on any atom is -0.464 e. The number of hydrogen-bond acceptors (Lipinski definition) is 5. The topological polar surface area (TPSA) is 92.7 Å². The van der Waals surface area contributed by atoms with Crippen molar-refractivity contribution < 1.29 is 18.7 Å². The Morgan fingerprint density at radius 3 is 2.45 bits per heavy atom. The second-order valence-corrected chi connectivity index (χ2v) is 7.89. The third-order valence-electron chi connectivity index (χ3n) is 5.78. The van der Waals surface area contributed by atoms with Gasteiger partial charge in [0.25, 0.3) is 0 Å². The number of hydrogen-bond donors (Lipinski definition) is 2. The van der Waals surface area contributed by atoms with Gasteiger partial charge in [-0.25, -0.2) is 4.79 Å². The van der Waals surface area contributed by atoms with Crippen molar-refractivity contribution in [2.75, 3.05) is 11.9 Å². The zero-order valence-corrected chi connectivity index (χ0v) is 17.9. The molecule has 4 rings (SSSR count). The molecule has 4 aromatic rings. The number of benzene rings is 2. The summed E-state index contributed by atoms with van der Waals surface area (Å²) >= 11 is 0. The maximum absolute atomic E-state index is 12.7. The molecule has 0 unspecified atom stereocenters. The van der Waals surface area contributed by atoms with Crippen LogP contribution in [0.2, 0.25) is 0 Å². The third-order valence-corrected chi connectivity index (χ3v) is 5.78. The molecule has 0 bridgehead atoms. The van der Waals surface area contributed by atoms with Gasteiger partial charge in [0.2, 0.25) is 5.91 Å². The summed E-state index contributed by atoms with van der Waals surface area (Å²) < 4.78 is 11.3. The predicted molar refractivity (Wildman–Crippen MR) is 121 cm³/mol. The highest BCUT2D eigenvalue weighted by molar-refractivity contribution is 5.99. The number of aliphatic hydroxyl groups is 1. The Labute approximate surface area is 179 Å². The minimum atomic E-state index is -0.420. The Bertz CT molecular complexity index is 1330. The van der Waals surface area contributed by atoms with Crippen LogP contribution in [0.1, 0.15) is 34.2 Å². The van der Waals surface area contributed by atoms with Crippen LogP contribution in [0.5, 0.6) is 0 Å². The monoisotopic (exact) mass is 419 g/mol. The van der Waals surface area contributed by atoms with Gasteiger partial charge in [-0.3, -0.25) is 4.79 Å². The first-order valence-corrected chi connectivity index (χ1v) is 10.3. The molecular weight excluding hydrogens is 394 g/mol. The molecular formula is C25H25NO5. The van der Waals surface area contributed by atoms with Crippen LogP contribution in [-0.4, -0.2) is 17.6 Å². The second kappa shape index (κ2) is 8.40. The lowest BCUT2D eigenvalue weighted by atomic mass is 9.98. The molecule has 0 atom stereocenters. The van der Waals surface area contributed by atoms with Crippen molar-refractivity contribution in [3.8, 4) is 0 Å². The summed E-state index contributed by atoms with van der Waals surface area (Å²) in [6.45, 7) is 5.85. The first kappa shape index (κ1) is 20.9. The molecule has 6 heteroatoms. The van der Waals surface area contributed by atoms with E-state index in [4.69, 9.17) is 13.9 Å². The van der Waals surface area contributed by atoms with Gasteiger partial charge in [0, 0.05) is 40.6 Å². The molecule has 6 nitrogen and oxygen atoms in total. The fourth-order valence-electron chi connectivity index (χ4n) is 3.95. The Kier molecular flexibility index (Phi) is 5.65. The average molecular weight is 419 g/mol. The van der Waals surface area contributed by atoms with E-state index in [2.05, 4.69) is 5.32 Å². The fourth-order valence-corrected chi connectivity index (χ4v) is 3.95. The highest BCUT2D eigenvalue weighted by Crippen LogP contribution is 2.32. The highest BCUT2D eigenvalue weighted by Gasteiger charge is 2.18. The zero-order chi connectivity index (χ0) is 22.1. The first-order valence-electron chi connectivity index (χ1n) is 10.3. The number of fused-ring (bicyclic) bond motifs is 2. The van der Waals surface area contributed by atoms with Gasteiger partial charge >= 0.3 is 5.63 Å². The minimum absolute atomic E-state index is 0.0879. The maximum atomic E-state index is 12.7. The number of carbonyl (C=O) groups is 1. The maximum Gasteiger partial charge on any atom is 0.339 e. The molecule has 0 aliphatic heterocycles. The van der Waals surface area contributed by atoms with E-state index in [1.54, 1.807) is 18.4 Å². The zero-order valence-electron chi connectivity index (χ0n) is 17.9. The number of anilines is 1. The molecule has 2 N–H and O–H groups in total. The normalized spacial score (nSPS) is 11.4. The molecule has 0 fully saturated rings. The number of aryl methyl sites for hydroxylation is 3. The van der Waals surface area contributed by atoms with Gasteiger partial charge < -0.3 is 19.3 Å². The lowest BCUT2D eigenvalue weighted by Crippen LogP contribution is -2.16. The molecule has 0 saturated heterocycles. The Morgan fingerprint density at radius 2 is 1.74 bits per heavy atom. The lowest BCUT2D eigenvalue weighted by molar-refractivity contribution is -0.116. The van der Waals surface area contributed by atoms with Crippen molar-refractivity contribution >= 4 is 33.5 Å². The van der Waals surface area contributed by atoms with Crippen LogP contribution in [0, 0.1) is 20.8 Å². The SMILES string of the molecule is Cc1coc2c(C)c3oc(=O)c(CCC(=O)Nc4ccc(CCO)cc4)c(C)c3cc12. The molecule has 1 amide bonds. The number of carbonyl (C=O) groups excluding carboxylic acids is 1. The molecule has 2 aromatic carbocycles. The van der Waals surface area contributed by atoms with E-state index in [9.17, 15) is 9.59 Å². The average Bonchev–Trinajstić information content (AvgIpc) is 3.12. The van der Waals surface area contributed by atoms with E-state index in [1.807, 2.05) is 39.0 Å². The molecule has 31 heavy (non-hydrogen) atoms. The predicted octanol–water partition coefficient (Wildman–Crippen LogP) is 4.57. The van der Waals surface area contributed by atoms with Crippen molar-refractivity contribution in [3.05, 3.63) is 74.8 Å². The largest absolute Gasteiger partial charge is 0.464 e. The summed E-state index contributed by atoms with van der Waals surface area (Å²) in [4.78, 5) is 25.1. The summed E-state index contributed by atoms with van der Waals surface area (Å²) in [6.07, 6.45) is 2.74. The lowest BCUT2D eigenvalue weighted by Gasteiger charge is -2.10. The molecule has 160 valence electrons. The Balaban J connectivity index is 1.56. The van der Waals surface area contributed by atoms with Crippen LogP contribution in [0.25, 0.3) is 21.9 Å². The van der Waals surface area contributed by atoms with Gasteiger partial charge in [0.15, 0.2) is 0 Å². The van der Waals surface area contributed by atoms with E-state index >= 15 is 0 Å². The number of rotatable bonds is 6. The van der Waals surface area contributed by atoms with Gasteiger partial charge in [-0.05, 0) is 68.5 Å². The standard InChI is InChI=1S/C25H25NO5/c1-14-13-30-23-16(3)24-21(12-20(14)23)15(2)19(25(29)31-24)8-9-22(28)26-18-6-4-17(5-7-18)10-11-27/h4-7,12-13,27H,8-11H2,1-3H3,(H,26,28). The molecule has 0 aliphatic carbocycles. The van der Waals surface area contributed by atoms with E-state index in [0.29, 0.717) is 29.7 Å². The van der Waals surface area contributed by atoms with Gasteiger partial charge in [-0.15, -0.1) is 0 Å². The summed E-state index contributed by atoms with van der Waals surface area (Å²) in [5.74, 6) is -0.175. The van der Waals surface area contributed by atoms with Gasteiger partial charge in [0.1, 0.15) is 11.2 Å². The summed E-state index contributed by atoms with van der Waals surface area (Å²) in [5, 5.41) is 13.7. The summed E-state index contributed by atoms with van der Waals surface area (Å²) in [6, 6.07) is 9.34. The van der Waals surface area contributed by atoms with Crippen molar-refractivity contribution in [1.29, 1.82) is 0 Å². The van der Waals surface area contributed by atoms with E-state index < -0.39 is 5.63 Å². The van der Waals surface area contributed by atoms with E-state index in [-0.39, 0.29) is 18.9 Å². The Morgan fingerprint density at radius 1 is 1.00 bits per heavy atom. The molecule has 2 heterocycles. The fraction of sp³-hybridized carbons (Fsp3) is 0.280. The van der Waals surface area contributed by atoms with Crippen LogP contribution < -0.4 is 10.9 Å². The Hall–Kier alpha value is -3.38. The number of nitrogens with one attached hydrogen (secondary N) is 1. The third kappa shape index (κ3) is 3.99. The number of furan rings is 1. The van der Waals surface area contributed by atoms with E-state index in [0.717, 1.165) is 38.6 Å². The van der Waals surface area contributed by atoms with Crippen LogP contribution in [0.3, 0.4) is 0 Å². The first-order chi connectivity index (χ1) is 14.9. The molecule has 0 radical (unpaired) electrons. The van der Waals surface area contributed by atoms with E-state index in [1.165, 1.54) is 0 Å². The number of amides is 1. The van der Waals surface area contributed by atoms with Crippen LogP contribution in [0.15, 0.2) is 50.2 Å². The molecule has 0 spiro atoms. The summed E-state index contributed by atoms with van der Waals surface area (Å²) in [5.41, 5.74) is 5.69. The molecule has 0 saturated carbocycles. The quantitative estimate of drug-likeness (QED) is 0.447. The van der Waals surface area contributed by atoms with Gasteiger partial charge in [-0.2, -0.15) is 0 Å². The van der Waals surface area contributed by atoms with Crippen molar-refractivity contribution in [1.82, 2.24) is 0 Å². The van der Waals surface area contributed by atoms with Crippen molar-refractivity contribution in [2.45, 2.75) is 40.0 Å². The van der Waals surface area contributed by atoms with Crippen molar-refractivity contribution in [2.24, 2.45) is 0 Å². The highest BCUT2D eigenvalue weighted by atomic mass is 16.4. The van der Waals surface area contributed by atoms with Gasteiger partial charge in [-0.1, -0.05) is 12.1 Å².